The average Bonchev–Trinajstić information content (AvgIpc) is 2.55. The monoisotopic (exact) mass is 199 g/mol. The molecular weight excluding hydrogens is 178 g/mol. The van der Waals surface area contributed by atoms with E-state index >= 15 is 0 Å². The first kappa shape index (κ1) is 11.5. The van der Waals surface area contributed by atoms with Crippen LogP contribution in [0.3, 0.4) is 0 Å². The largest absolute Gasteiger partial charge is 0.394 e. The molecule has 3 heteroatoms. The summed E-state index contributed by atoms with van der Waals surface area (Å²) in [5.74, 6) is 0.653. The maximum absolute atomic E-state index is 11.6. The minimum Gasteiger partial charge on any atom is -0.394 e. The third-order valence-electron chi connectivity index (χ3n) is 2.82. The molecule has 1 rings (SSSR count). The first-order valence-electron chi connectivity index (χ1n) is 5.45. The van der Waals surface area contributed by atoms with Crippen LogP contribution < -0.4 is 5.32 Å². The molecule has 0 aliphatic heterocycles. The van der Waals surface area contributed by atoms with Crippen molar-refractivity contribution < 1.29 is 9.90 Å². The first-order valence-corrected chi connectivity index (χ1v) is 5.45. The van der Waals surface area contributed by atoms with Crippen LogP contribution in [0.1, 0.15) is 46.0 Å². The van der Waals surface area contributed by atoms with Crippen LogP contribution in [-0.2, 0) is 4.79 Å². The summed E-state index contributed by atoms with van der Waals surface area (Å²) >= 11 is 0. The molecule has 1 aliphatic carbocycles. The zero-order chi connectivity index (χ0) is 10.6. The zero-order valence-electron chi connectivity index (χ0n) is 9.18. The summed E-state index contributed by atoms with van der Waals surface area (Å²) in [4.78, 5) is 11.6. The molecule has 0 atom stereocenters. The standard InChI is InChI=1S/C11H21NO2/c1-11(2,8-13)12-10(14)7-9-5-3-4-6-9/h9,13H,3-8H2,1-2H3,(H,12,14). The van der Waals surface area contributed by atoms with Crippen molar-refractivity contribution in [1.82, 2.24) is 5.32 Å². The molecule has 0 aromatic carbocycles. The lowest BCUT2D eigenvalue weighted by Gasteiger charge is -2.24. The van der Waals surface area contributed by atoms with Gasteiger partial charge in [-0.15, -0.1) is 0 Å². The van der Waals surface area contributed by atoms with Gasteiger partial charge in [-0.1, -0.05) is 12.8 Å². The maximum atomic E-state index is 11.6. The highest BCUT2D eigenvalue weighted by Gasteiger charge is 2.23. The van der Waals surface area contributed by atoms with Crippen LogP contribution in [0.2, 0.25) is 0 Å². The second-order valence-electron chi connectivity index (χ2n) is 4.94. The van der Waals surface area contributed by atoms with Gasteiger partial charge in [0.25, 0.3) is 0 Å². The second kappa shape index (κ2) is 4.78. The number of amides is 1. The highest BCUT2D eigenvalue weighted by molar-refractivity contribution is 5.77. The first-order chi connectivity index (χ1) is 6.53. The summed E-state index contributed by atoms with van der Waals surface area (Å²) in [5, 5.41) is 11.8. The quantitative estimate of drug-likeness (QED) is 0.720. The second-order valence-corrected chi connectivity index (χ2v) is 4.94. The Morgan fingerprint density at radius 3 is 2.50 bits per heavy atom. The molecule has 3 nitrogen and oxygen atoms in total. The number of hydrogen-bond donors (Lipinski definition) is 2. The van der Waals surface area contributed by atoms with Crippen LogP contribution in [0.4, 0.5) is 0 Å². The van der Waals surface area contributed by atoms with E-state index in [1.165, 1.54) is 25.7 Å². The molecule has 0 heterocycles. The van der Waals surface area contributed by atoms with Gasteiger partial charge >= 0.3 is 0 Å². The maximum Gasteiger partial charge on any atom is 0.220 e. The summed E-state index contributed by atoms with van der Waals surface area (Å²) < 4.78 is 0. The zero-order valence-corrected chi connectivity index (χ0v) is 9.18. The summed E-state index contributed by atoms with van der Waals surface area (Å²) in [6.07, 6.45) is 5.53. The van der Waals surface area contributed by atoms with Crippen molar-refractivity contribution in [2.75, 3.05) is 6.61 Å². The lowest BCUT2D eigenvalue weighted by Crippen LogP contribution is -2.46. The molecule has 0 radical (unpaired) electrons. The molecule has 1 fully saturated rings. The van der Waals surface area contributed by atoms with E-state index in [1.807, 2.05) is 13.8 Å². The van der Waals surface area contributed by atoms with Gasteiger partial charge in [0.1, 0.15) is 0 Å². The van der Waals surface area contributed by atoms with Crippen molar-refractivity contribution in [3.05, 3.63) is 0 Å². The minimum absolute atomic E-state index is 0.0105. The van der Waals surface area contributed by atoms with E-state index in [2.05, 4.69) is 5.32 Å². The summed E-state index contributed by atoms with van der Waals surface area (Å²) in [6.45, 7) is 3.66. The lowest BCUT2D eigenvalue weighted by atomic mass is 10.0. The summed E-state index contributed by atoms with van der Waals surface area (Å²) in [7, 11) is 0. The predicted octanol–water partition coefficient (Wildman–Crippen LogP) is 1.45. The molecular formula is C11H21NO2. The Bertz CT molecular complexity index is 195. The number of hydrogen-bond acceptors (Lipinski definition) is 2. The van der Waals surface area contributed by atoms with Gasteiger partial charge in [-0.05, 0) is 32.6 Å². The Morgan fingerprint density at radius 2 is 2.00 bits per heavy atom. The Morgan fingerprint density at radius 1 is 1.43 bits per heavy atom. The fraction of sp³-hybridized carbons (Fsp3) is 0.909. The van der Waals surface area contributed by atoms with E-state index in [1.54, 1.807) is 0 Å². The molecule has 14 heavy (non-hydrogen) atoms. The summed E-state index contributed by atoms with van der Waals surface area (Å²) in [5.41, 5.74) is -0.477. The highest BCUT2D eigenvalue weighted by atomic mass is 16.3. The number of nitrogens with one attached hydrogen (secondary N) is 1. The number of carbonyl (C=O) groups excluding carboxylic acids is 1. The molecule has 0 aromatic heterocycles. The lowest BCUT2D eigenvalue weighted by molar-refractivity contribution is -0.124. The van der Waals surface area contributed by atoms with Gasteiger partial charge in [-0.3, -0.25) is 4.79 Å². The molecule has 1 saturated carbocycles. The number of aliphatic hydroxyl groups is 1. The third-order valence-corrected chi connectivity index (χ3v) is 2.82. The van der Waals surface area contributed by atoms with E-state index in [4.69, 9.17) is 5.11 Å². The normalized spacial score (nSPS) is 18.5. The Hall–Kier alpha value is -0.570. The topological polar surface area (TPSA) is 49.3 Å². The molecule has 1 amide bonds. The molecule has 82 valence electrons. The number of rotatable bonds is 4. The van der Waals surface area contributed by atoms with Gasteiger partial charge in [-0.2, -0.15) is 0 Å². The molecule has 2 N–H and O–H groups in total. The molecule has 0 aromatic rings. The van der Waals surface area contributed by atoms with E-state index in [0.717, 1.165) is 0 Å². The SMILES string of the molecule is CC(C)(CO)NC(=O)CC1CCCC1. The molecule has 1 aliphatic rings. The molecule has 0 spiro atoms. The number of carbonyl (C=O) groups is 1. The van der Waals surface area contributed by atoms with Crippen molar-refractivity contribution >= 4 is 5.91 Å². The fourth-order valence-electron chi connectivity index (χ4n) is 1.94. The van der Waals surface area contributed by atoms with Gasteiger partial charge in [0, 0.05) is 6.42 Å². The molecule has 0 bridgehead atoms. The Kier molecular flexibility index (Phi) is 3.93. The van der Waals surface area contributed by atoms with Crippen LogP contribution in [0.15, 0.2) is 0 Å². The van der Waals surface area contributed by atoms with Crippen molar-refractivity contribution in [1.29, 1.82) is 0 Å². The van der Waals surface area contributed by atoms with Crippen molar-refractivity contribution in [3.8, 4) is 0 Å². The molecule has 0 unspecified atom stereocenters. The van der Waals surface area contributed by atoms with E-state index < -0.39 is 5.54 Å². The Balaban J connectivity index is 2.27. The van der Waals surface area contributed by atoms with Crippen molar-refractivity contribution in [3.63, 3.8) is 0 Å². The summed E-state index contributed by atoms with van der Waals surface area (Å²) in [6, 6.07) is 0. The van der Waals surface area contributed by atoms with E-state index in [0.29, 0.717) is 12.3 Å². The van der Waals surface area contributed by atoms with Crippen LogP contribution in [0.5, 0.6) is 0 Å². The average molecular weight is 199 g/mol. The van der Waals surface area contributed by atoms with Gasteiger partial charge in [-0.25, -0.2) is 0 Å². The van der Waals surface area contributed by atoms with Crippen LogP contribution in [0, 0.1) is 5.92 Å². The van der Waals surface area contributed by atoms with Crippen molar-refractivity contribution in [2.45, 2.75) is 51.5 Å². The van der Waals surface area contributed by atoms with Crippen LogP contribution >= 0.6 is 0 Å². The smallest absolute Gasteiger partial charge is 0.220 e. The Labute approximate surface area is 85.9 Å². The van der Waals surface area contributed by atoms with Gasteiger partial charge < -0.3 is 10.4 Å². The van der Waals surface area contributed by atoms with Crippen LogP contribution in [-0.4, -0.2) is 23.2 Å². The van der Waals surface area contributed by atoms with Gasteiger partial charge in [0.15, 0.2) is 0 Å². The molecule has 0 saturated heterocycles. The van der Waals surface area contributed by atoms with E-state index in [9.17, 15) is 4.79 Å². The minimum atomic E-state index is -0.477. The van der Waals surface area contributed by atoms with Crippen LogP contribution in [0.25, 0.3) is 0 Å². The third kappa shape index (κ3) is 3.66. The van der Waals surface area contributed by atoms with E-state index in [-0.39, 0.29) is 12.5 Å². The van der Waals surface area contributed by atoms with Gasteiger partial charge in [0.05, 0.1) is 12.1 Å². The van der Waals surface area contributed by atoms with Crippen molar-refractivity contribution in [2.24, 2.45) is 5.92 Å². The predicted molar refractivity (Wildman–Crippen MR) is 55.9 cm³/mol. The number of aliphatic hydroxyl groups excluding tert-OH is 1. The highest BCUT2D eigenvalue weighted by Crippen LogP contribution is 2.27. The van der Waals surface area contributed by atoms with Gasteiger partial charge in [0.2, 0.25) is 5.91 Å². The fourth-order valence-corrected chi connectivity index (χ4v) is 1.94.